The summed E-state index contributed by atoms with van der Waals surface area (Å²) in [6.07, 6.45) is 1.07. The second-order valence-corrected chi connectivity index (χ2v) is 8.15. The molecule has 0 aromatic heterocycles. The van der Waals surface area contributed by atoms with Gasteiger partial charge in [0.15, 0.2) is 0 Å². The molecule has 0 radical (unpaired) electrons. The third-order valence-corrected chi connectivity index (χ3v) is 5.19. The summed E-state index contributed by atoms with van der Waals surface area (Å²) in [4.78, 5) is 16.1. The number of carbonyl (C=O) groups excluding carboxylic acids is 1. The van der Waals surface area contributed by atoms with E-state index in [-0.39, 0.29) is 18.6 Å². The van der Waals surface area contributed by atoms with Crippen LogP contribution in [0.15, 0.2) is 66.7 Å². The third kappa shape index (κ3) is 7.09. The normalized spacial score (nSPS) is 10.6. The minimum absolute atomic E-state index is 0.0334. The van der Waals surface area contributed by atoms with E-state index in [9.17, 15) is 9.90 Å². The molecular formula is C28H30N2O4. The summed E-state index contributed by atoms with van der Waals surface area (Å²) in [5, 5.41) is 12.4. The first-order valence-corrected chi connectivity index (χ1v) is 11.4. The number of carbonyl (C=O) groups is 1. The molecule has 34 heavy (non-hydrogen) atoms. The minimum Gasteiger partial charge on any atom is -0.502 e. The summed E-state index contributed by atoms with van der Waals surface area (Å²) in [5.74, 6) is 0.979. The van der Waals surface area contributed by atoms with Crippen molar-refractivity contribution in [1.29, 1.82) is 0 Å². The van der Waals surface area contributed by atoms with E-state index in [4.69, 9.17) is 16.0 Å². The molecular weight excluding hydrogens is 428 g/mol. The molecule has 0 unspecified atom stereocenters. The molecule has 0 saturated heterocycles. The lowest BCUT2D eigenvalue weighted by Gasteiger charge is -2.14. The van der Waals surface area contributed by atoms with Gasteiger partial charge in [0.2, 0.25) is 11.6 Å². The Labute approximate surface area is 201 Å². The van der Waals surface area contributed by atoms with Crippen LogP contribution < -0.4 is 14.8 Å². The monoisotopic (exact) mass is 458 g/mol. The zero-order valence-electron chi connectivity index (χ0n) is 19.6. The summed E-state index contributed by atoms with van der Waals surface area (Å²) >= 11 is 0. The zero-order chi connectivity index (χ0) is 24.3. The summed E-state index contributed by atoms with van der Waals surface area (Å²) in [5.41, 5.74) is 3.86. The van der Waals surface area contributed by atoms with Crippen LogP contribution in [0.1, 0.15) is 40.9 Å². The first kappa shape index (κ1) is 24.8. The molecule has 0 aliphatic rings. The van der Waals surface area contributed by atoms with E-state index in [1.54, 1.807) is 18.2 Å². The molecule has 6 nitrogen and oxygen atoms in total. The number of hydrogen-bond acceptors (Lipinski definition) is 4. The molecule has 0 fully saturated rings. The van der Waals surface area contributed by atoms with Crippen molar-refractivity contribution in [2.45, 2.75) is 39.4 Å². The first-order valence-electron chi connectivity index (χ1n) is 11.4. The SMILES string of the molecule is [C-]#[N+]c1cc(C(=O)NCCc2ccc(OCc3ccccc3)cc2CCO)ccc1OC(C)C. The van der Waals surface area contributed by atoms with Gasteiger partial charge in [0, 0.05) is 18.7 Å². The standard InChI is InChI=1S/C28H30N2O4/c1-20(2)34-27-12-10-24(18-26(27)29-3)28(32)30-15-13-22-9-11-25(17-23(22)14-16-31)33-19-21-7-5-4-6-8-21/h4-12,17-18,20,31H,13-16,19H2,1-2H3,(H,30,32). The molecule has 3 aromatic carbocycles. The Bertz CT molecular complexity index is 1140. The minimum atomic E-state index is -0.243. The lowest BCUT2D eigenvalue weighted by Crippen LogP contribution is -2.26. The van der Waals surface area contributed by atoms with Gasteiger partial charge >= 0.3 is 0 Å². The molecule has 0 saturated carbocycles. The van der Waals surface area contributed by atoms with E-state index in [1.165, 1.54) is 0 Å². The van der Waals surface area contributed by atoms with Gasteiger partial charge in [-0.05, 0) is 73.7 Å². The van der Waals surface area contributed by atoms with Crippen molar-refractivity contribution in [3.05, 3.63) is 100 Å². The maximum absolute atomic E-state index is 12.6. The molecule has 0 spiro atoms. The number of rotatable bonds is 11. The second kappa shape index (κ2) is 12.4. The zero-order valence-corrected chi connectivity index (χ0v) is 19.6. The van der Waals surface area contributed by atoms with Crippen LogP contribution in [0.25, 0.3) is 4.85 Å². The van der Waals surface area contributed by atoms with Crippen LogP contribution in [-0.4, -0.2) is 30.3 Å². The van der Waals surface area contributed by atoms with Crippen LogP contribution in [0.4, 0.5) is 5.69 Å². The summed E-state index contributed by atoms with van der Waals surface area (Å²) in [7, 11) is 0. The average Bonchev–Trinajstić information content (AvgIpc) is 2.84. The van der Waals surface area contributed by atoms with Crippen LogP contribution in [0.2, 0.25) is 0 Å². The van der Waals surface area contributed by atoms with Gasteiger partial charge < -0.3 is 19.9 Å². The van der Waals surface area contributed by atoms with Gasteiger partial charge in [-0.3, -0.25) is 4.79 Å². The Morgan fingerprint density at radius 3 is 2.53 bits per heavy atom. The first-order chi connectivity index (χ1) is 16.5. The lowest BCUT2D eigenvalue weighted by atomic mass is 10.0. The fourth-order valence-corrected chi connectivity index (χ4v) is 3.54. The maximum Gasteiger partial charge on any atom is 0.250 e. The molecule has 3 rings (SSSR count). The molecule has 176 valence electrons. The van der Waals surface area contributed by atoms with Gasteiger partial charge in [-0.25, -0.2) is 4.85 Å². The third-order valence-electron chi connectivity index (χ3n) is 5.19. The largest absolute Gasteiger partial charge is 0.502 e. The van der Waals surface area contributed by atoms with Crippen molar-refractivity contribution in [2.75, 3.05) is 13.2 Å². The van der Waals surface area contributed by atoms with Crippen LogP contribution in [0.3, 0.4) is 0 Å². The van der Waals surface area contributed by atoms with E-state index in [0.29, 0.717) is 43.0 Å². The number of nitrogens with zero attached hydrogens (tertiary/aromatic N) is 1. The van der Waals surface area contributed by atoms with Gasteiger partial charge in [-0.2, -0.15) is 0 Å². The highest BCUT2D eigenvalue weighted by atomic mass is 16.5. The number of aliphatic hydroxyl groups is 1. The van der Waals surface area contributed by atoms with E-state index in [0.717, 1.165) is 22.4 Å². The van der Waals surface area contributed by atoms with E-state index < -0.39 is 0 Å². The Morgan fingerprint density at radius 2 is 1.82 bits per heavy atom. The smallest absolute Gasteiger partial charge is 0.250 e. The number of benzene rings is 3. The summed E-state index contributed by atoms with van der Waals surface area (Å²) < 4.78 is 11.5. The lowest BCUT2D eigenvalue weighted by molar-refractivity contribution is 0.0954. The van der Waals surface area contributed by atoms with Crippen molar-refractivity contribution < 1.29 is 19.4 Å². The molecule has 0 bridgehead atoms. The molecule has 0 atom stereocenters. The van der Waals surface area contributed by atoms with Crippen molar-refractivity contribution in [3.8, 4) is 11.5 Å². The predicted molar refractivity (Wildman–Crippen MR) is 133 cm³/mol. The average molecular weight is 459 g/mol. The number of aliphatic hydroxyl groups excluding tert-OH is 1. The molecule has 0 aliphatic heterocycles. The molecule has 3 aromatic rings. The molecule has 1 amide bonds. The van der Waals surface area contributed by atoms with Gasteiger partial charge in [0.05, 0.1) is 12.7 Å². The fourth-order valence-electron chi connectivity index (χ4n) is 3.54. The Balaban J connectivity index is 1.60. The molecule has 2 N–H and O–H groups in total. The summed E-state index contributed by atoms with van der Waals surface area (Å²) in [6, 6.07) is 20.7. The molecule has 6 heteroatoms. The van der Waals surface area contributed by atoms with Gasteiger partial charge in [0.1, 0.15) is 18.1 Å². The highest BCUT2D eigenvalue weighted by Crippen LogP contribution is 2.29. The number of ether oxygens (including phenoxy) is 2. The van der Waals surface area contributed by atoms with E-state index in [2.05, 4.69) is 10.2 Å². The van der Waals surface area contributed by atoms with E-state index >= 15 is 0 Å². The van der Waals surface area contributed by atoms with Crippen LogP contribution in [0, 0.1) is 6.57 Å². The Kier molecular flexibility index (Phi) is 9.07. The van der Waals surface area contributed by atoms with Crippen LogP contribution in [-0.2, 0) is 19.4 Å². The highest BCUT2D eigenvalue weighted by molar-refractivity contribution is 5.95. The maximum atomic E-state index is 12.6. The Hall–Kier alpha value is -3.82. The van der Waals surface area contributed by atoms with Crippen molar-refractivity contribution in [1.82, 2.24) is 5.32 Å². The topological polar surface area (TPSA) is 72.2 Å². The molecule has 0 aliphatic carbocycles. The van der Waals surface area contributed by atoms with Crippen molar-refractivity contribution in [3.63, 3.8) is 0 Å². The van der Waals surface area contributed by atoms with Crippen molar-refractivity contribution >= 4 is 11.6 Å². The summed E-state index contributed by atoms with van der Waals surface area (Å²) in [6.45, 7) is 12.1. The van der Waals surface area contributed by atoms with Gasteiger partial charge in [-0.15, -0.1) is 0 Å². The van der Waals surface area contributed by atoms with Crippen LogP contribution in [0.5, 0.6) is 11.5 Å². The number of nitrogens with one attached hydrogen (secondary N) is 1. The number of amides is 1. The number of hydrogen-bond donors (Lipinski definition) is 2. The quantitative estimate of drug-likeness (QED) is 0.392. The second-order valence-electron chi connectivity index (χ2n) is 8.15. The van der Waals surface area contributed by atoms with Crippen molar-refractivity contribution in [2.24, 2.45) is 0 Å². The fraction of sp³-hybridized carbons (Fsp3) is 0.286. The predicted octanol–water partition coefficient (Wildman–Crippen LogP) is 5.11. The highest BCUT2D eigenvalue weighted by Gasteiger charge is 2.12. The van der Waals surface area contributed by atoms with Gasteiger partial charge in [0.25, 0.3) is 0 Å². The van der Waals surface area contributed by atoms with E-state index in [1.807, 2.05) is 62.4 Å². The van der Waals surface area contributed by atoms with Gasteiger partial charge in [-0.1, -0.05) is 36.4 Å². The van der Waals surface area contributed by atoms with Crippen LogP contribution >= 0.6 is 0 Å². The Morgan fingerprint density at radius 1 is 1.03 bits per heavy atom. The molecule has 0 heterocycles.